The van der Waals surface area contributed by atoms with Crippen LogP contribution in [0, 0.1) is 0 Å². The first-order valence-electron chi connectivity index (χ1n) is 7.37. The normalized spacial score (nSPS) is 10.2. The molecule has 0 atom stereocenters. The number of thioether (sulfide) groups is 1. The molecule has 0 saturated heterocycles. The summed E-state index contributed by atoms with van der Waals surface area (Å²) in [4.78, 5) is 23.8. The zero-order chi connectivity index (χ0) is 17.4. The molecule has 0 aliphatic heterocycles. The molecule has 0 saturated carbocycles. The van der Waals surface area contributed by atoms with Crippen LogP contribution in [0.4, 0.5) is 16.2 Å². The summed E-state index contributed by atoms with van der Waals surface area (Å²) in [6.45, 7) is 0. The van der Waals surface area contributed by atoms with Crippen LogP contribution < -0.4 is 16.4 Å². The minimum atomic E-state index is -0.620. The van der Waals surface area contributed by atoms with E-state index in [0.717, 1.165) is 22.1 Å². The van der Waals surface area contributed by atoms with E-state index in [1.807, 2.05) is 24.3 Å². The first-order valence-corrected chi connectivity index (χ1v) is 8.74. The highest BCUT2D eigenvalue weighted by atomic mass is 35.5. The van der Waals surface area contributed by atoms with Crippen LogP contribution in [-0.4, -0.2) is 17.7 Å². The van der Waals surface area contributed by atoms with E-state index in [1.165, 1.54) is 0 Å². The van der Waals surface area contributed by atoms with Crippen molar-refractivity contribution in [3.8, 4) is 0 Å². The second kappa shape index (κ2) is 9.20. The Morgan fingerprint density at radius 3 is 2.12 bits per heavy atom. The summed E-state index contributed by atoms with van der Waals surface area (Å²) >= 11 is 7.53. The molecule has 5 nitrogen and oxygen atoms in total. The van der Waals surface area contributed by atoms with Gasteiger partial charge in [0, 0.05) is 27.7 Å². The highest BCUT2D eigenvalue weighted by Gasteiger charge is 2.03. The van der Waals surface area contributed by atoms with Crippen LogP contribution in [-0.2, 0) is 4.79 Å². The molecule has 2 rings (SSSR count). The molecule has 3 amide bonds. The van der Waals surface area contributed by atoms with Gasteiger partial charge in [-0.15, -0.1) is 11.8 Å². The highest BCUT2D eigenvalue weighted by molar-refractivity contribution is 7.99. The van der Waals surface area contributed by atoms with E-state index >= 15 is 0 Å². The third kappa shape index (κ3) is 6.52. The van der Waals surface area contributed by atoms with E-state index in [0.29, 0.717) is 17.8 Å². The van der Waals surface area contributed by atoms with Crippen LogP contribution in [0.15, 0.2) is 53.4 Å². The van der Waals surface area contributed by atoms with Gasteiger partial charge < -0.3 is 16.4 Å². The molecule has 0 fully saturated rings. The predicted octanol–water partition coefficient (Wildman–Crippen LogP) is 4.34. The van der Waals surface area contributed by atoms with Crippen LogP contribution in [0.1, 0.15) is 12.8 Å². The van der Waals surface area contributed by atoms with Gasteiger partial charge in [-0.2, -0.15) is 0 Å². The monoisotopic (exact) mass is 363 g/mol. The summed E-state index contributed by atoms with van der Waals surface area (Å²) < 4.78 is 0. The minimum Gasteiger partial charge on any atom is -0.351 e. The molecular weight excluding hydrogens is 346 g/mol. The van der Waals surface area contributed by atoms with E-state index in [1.54, 1.807) is 36.0 Å². The molecule has 4 N–H and O–H groups in total. The second-order valence-electron chi connectivity index (χ2n) is 5.02. The maximum absolute atomic E-state index is 11.9. The Balaban J connectivity index is 1.69. The van der Waals surface area contributed by atoms with Gasteiger partial charge in [-0.1, -0.05) is 11.6 Å². The standard InChI is InChI=1S/C17H18ClN3O2S/c18-12-3-9-15(10-4-12)24-11-1-2-16(22)20-13-5-7-14(8-6-13)21-17(19)23/h3-10H,1-2,11H2,(H,20,22)(H3,19,21,23). The highest BCUT2D eigenvalue weighted by Crippen LogP contribution is 2.21. The molecule has 0 aliphatic rings. The first-order chi connectivity index (χ1) is 11.5. The summed E-state index contributed by atoms with van der Waals surface area (Å²) in [6, 6.07) is 13.8. The number of nitrogens with two attached hydrogens (primary N) is 1. The van der Waals surface area contributed by atoms with Crippen molar-refractivity contribution in [1.29, 1.82) is 0 Å². The number of rotatable bonds is 7. The van der Waals surface area contributed by atoms with Gasteiger partial charge in [-0.05, 0) is 60.7 Å². The third-order valence-electron chi connectivity index (χ3n) is 3.07. The lowest BCUT2D eigenvalue weighted by molar-refractivity contribution is -0.116. The summed E-state index contributed by atoms with van der Waals surface area (Å²) in [7, 11) is 0. The van der Waals surface area contributed by atoms with Crippen molar-refractivity contribution < 1.29 is 9.59 Å². The van der Waals surface area contributed by atoms with Crippen molar-refractivity contribution in [3.63, 3.8) is 0 Å². The Kier molecular flexibility index (Phi) is 6.96. The smallest absolute Gasteiger partial charge is 0.316 e. The number of anilines is 2. The first kappa shape index (κ1) is 18.2. The Labute approximate surface area is 150 Å². The quantitative estimate of drug-likeness (QED) is 0.505. The fraction of sp³-hybridized carbons (Fsp3) is 0.176. The molecule has 0 radical (unpaired) electrons. The van der Waals surface area contributed by atoms with E-state index in [2.05, 4.69) is 10.6 Å². The summed E-state index contributed by atoms with van der Waals surface area (Å²) in [5.74, 6) is 0.818. The molecule has 7 heteroatoms. The minimum absolute atomic E-state index is 0.0395. The van der Waals surface area contributed by atoms with Gasteiger partial charge in [0.2, 0.25) is 5.91 Å². The van der Waals surface area contributed by atoms with Crippen LogP contribution in [0.5, 0.6) is 0 Å². The lowest BCUT2D eigenvalue weighted by Gasteiger charge is -2.07. The van der Waals surface area contributed by atoms with Gasteiger partial charge in [-0.25, -0.2) is 4.79 Å². The van der Waals surface area contributed by atoms with E-state index < -0.39 is 6.03 Å². The summed E-state index contributed by atoms with van der Waals surface area (Å²) in [6.07, 6.45) is 1.22. The maximum Gasteiger partial charge on any atom is 0.316 e. The van der Waals surface area contributed by atoms with Gasteiger partial charge in [0.15, 0.2) is 0 Å². The fourth-order valence-electron chi connectivity index (χ4n) is 1.96. The van der Waals surface area contributed by atoms with Crippen LogP contribution in [0.2, 0.25) is 5.02 Å². The van der Waals surface area contributed by atoms with Crippen molar-refractivity contribution in [2.75, 3.05) is 16.4 Å². The zero-order valence-corrected chi connectivity index (χ0v) is 14.5. The molecule has 0 spiro atoms. The van der Waals surface area contributed by atoms with Crippen LogP contribution in [0.3, 0.4) is 0 Å². The lowest BCUT2D eigenvalue weighted by Crippen LogP contribution is -2.19. The Morgan fingerprint density at radius 2 is 1.54 bits per heavy atom. The summed E-state index contributed by atoms with van der Waals surface area (Å²) in [5, 5.41) is 6.00. The zero-order valence-electron chi connectivity index (χ0n) is 12.9. The topological polar surface area (TPSA) is 84.2 Å². The molecule has 2 aromatic carbocycles. The Morgan fingerprint density at radius 1 is 0.958 bits per heavy atom. The Bertz CT molecular complexity index is 690. The number of hydrogen-bond donors (Lipinski definition) is 3. The number of nitrogens with one attached hydrogen (secondary N) is 2. The Hall–Kier alpha value is -2.18. The molecule has 24 heavy (non-hydrogen) atoms. The van der Waals surface area contributed by atoms with Gasteiger partial charge in [0.25, 0.3) is 0 Å². The van der Waals surface area contributed by atoms with Crippen molar-refractivity contribution in [2.45, 2.75) is 17.7 Å². The number of benzene rings is 2. The van der Waals surface area contributed by atoms with Gasteiger partial charge in [0.1, 0.15) is 0 Å². The largest absolute Gasteiger partial charge is 0.351 e. The number of hydrogen-bond acceptors (Lipinski definition) is 3. The van der Waals surface area contributed by atoms with E-state index in [-0.39, 0.29) is 5.91 Å². The average molecular weight is 364 g/mol. The SMILES string of the molecule is NC(=O)Nc1ccc(NC(=O)CCCSc2ccc(Cl)cc2)cc1. The fourth-order valence-corrected chi connectivity index (χ4v) is 2.94. The molecule has 0 aliphatic carbocycles. The lowest BCUT2D eigenvalue weighted by atomic mass is 10.2. The number of carbonyl (C=O) groups is 2. The van der Waals surface area contributed by atoms with Gasteiger partial charge in [0.05, 0.1) is 0 Å². The van der Waals surface area contributed by atoms with Crippen molar-refractivity contribution >= 4 is 46.7 Å². The van der Waals surface area contributed by atoms with Crippen LogP contribution >= 0.6 is 23.4 Å². The molecular formula is C17H18ClN3O2S. The number of halogens is 1. The number of amides is 3. The van der Waals surface area contributed by atoms with E-state index in [4.69, 9.17) is 17.3 Å². The molecule has 0 unspecified atom stereocenters. The van der Waals surface area contributed by atoms with Gasteiger partial charge >= 0.3 is 6.03 Å². The number of urea groups is 1. The molecule has 2 aromatic rings. The molecule has 0 bridgehead atoms. The van der Waals surface area contributed by atoms with Crippen molar-refractivity contribution in [3.05, 3.63) is 53.6 Å². The molecule has 126 valence electrons. The van der Waals surface area contributed by atoms with Crippen molar-refractivity contribution in [1.82, 2.24) is 0 Å². The second-order valence-corrected chi connectivity index (χ2v) is 6.63. The average Bonchev–Trinajstić information content (AvgIpc) is 2.55. The number of carbonyl (C=O) groups excluding carboxylic acids is 2. The molecule has 0 aromatic heterocycles. The third-order valence-corrected chi connectivity index (χ3v) is 4.42. The van der Waals surface area contributed by atoms with Crippen LogP contribution in [0.25, 0.3) is 0 Å². The maximum atomic E-state index is 11.9. The van der Waals surface area contributed by atoms with Crippen molar-refractivity contribution in [2.24, 2.45) is 5.73 Å². The number of primary amides is 1. The van der Waals surface area contributed by atoms with E-state index in [9.17, 15) is 9.59 Å². The molecule has 0 heterocycles. The van der Waals surface area contributed by atoms with Gasteiger partial charge in [-0.3, -0.25) is 4.79 Å². The summed E-state index contributed by atoms with van der Waals surface area (Å²) in [5.41, 5.74) is 6.30. The predicted molar refractivity (Wildman–Crippen MR) is 99.7 cm³/mol.